The molecule has 0 radical (unpaired) electrons. The van der Waals surface area contributed by atoms with Crippen molar-refractivity contribution in [3.63, 3.8) is 0 Å². The Balaban J connectivity index is 1.76. The van der Waals surface area contributed by atoms with Crippen LogP contribution >= 0.6 is 0 Å². The van der Waals surface area contributed by atoms with E-state index in [1.54, 1.807) is 11.0 Å². The van der Waals surface area contributed by atoms with Crippen molar-refractivity contribution in [1.82, 2.24) is 0 Å². The summed E-state index contributed by atoms with van der Waals surface area (Å²) in [5.41, 5.74) is 1.90. The van der Waals surface area contributed by atoms with Crippen LogP contribution in [0.4, 0.5) is 5.69 Å². The highest BCUT2D eigenvalue weighted by Gasteiger charge is 2.57. The maximum Gasteiger partial charge on any atom is 0.246 e. The number of rotatable bonds is 2. The van der Waals surface area contributed by atoms with Crippen LogP contribution in [0.3, 0.4) is 0 Å². The number of fused-ring (bicyclic) bond motifs is 5. The van der Waals surface area contributed by atoms with Gasteiger partial charge in [0.05, 0.1) is 0 Å². The summed E-state index contributed by atoms with van der Waals surface area (Å²) in [5.74, 6) is 2.02. The van der Waals surface area contributed by atoms with E-state index < -0.39 is 5.41 Å². The Morgan fingerprint density at radius 2 is 1.88 bits per heavy atom. The largest absolute Gasteiger partial charge is 0.491 e. The molecule has 5 rings (SSSR count). The third-order valence-corrected chi connectivity index (χ3v) is 4.96. The van der Waals surface area contributed by atoms with Crippen molar-refractivity contribution in [3.8, 4) is 17.2 Å². The summed E-state index contributed by atoms with van der Waals surface area (Å²) >= 11 is 0. The molecule has 0 fully saturated rings. The molecule has 5 heteroatoms. The van der Waals surface area contributed by atoms with Gasteiger partial charge in [-0.05, 0) is 17.7 Å². The summed E-state index contributed by atoms with van der Waals surface area (Å²) < 4.78 is 16.8. The number of hydrogen-bond acceptors (Lipinski definition) is 4. The summed E-state index contributed by atoms with van der Waals surface area (Å²) in [5, 5.41) is 0. The monoisotopic (exact) mass is 321 g/mol. The predicted molar refractivity (Wildman–Crippen MR) is 87.8 cm³/mol. The Labute approximate surface area is 139 Å². The molecule has 120 valence electrons. The van der Waals surface area contributed by atoms with Crippen LogP contribution in [0.2, 0.25) is 0 Å². The normalized spacial score (nSPS) is 22.5. The van der Waals surface area contributed by atoms with Gasteiger partial charge in [-0.3, -0.25) is 4.79 Å². The molecule has 3 heterocycles. The van der Waals surface area contributed by atoms with Crippen LogP contribution in [0, 0.1) is 0 Å². The van der Waals surface area contributed by atoms with Crippen molar-refractivity contribution in [2.75, 3.05) is 24.8 Å². The van der Waals surface area contributed by atoms with Crippen LogP contribution in [0.5, 0.6) is 17.2 Å². The molecule has 0 saturated heterocycles. The van der Waals surface area contributed by atoms with Gasteiger partial charge in [0.15, 0.2) is 11.5 Å². The molecule has 0 N–H and O–H groups in total. The highest BCUT2D eigenvalue weighted by Crippen LogP contribution is 2.54. The Morgan fingerprint density at radius 1 is 1.08 bits per heavy atom. The molecule has 3 aliphatic rings. The molecule has 1 spiro atoms. The van der Waals surface area contributed by atoms with E-state index in [2.05, 4.69) is 6.58 Å². The summed E-state index contributed by atoms with van der Waals surface area (Å²) in [6.45, 7) is 4.73. The first-order valence-corrected chi connectivity index (χ1v) is 7.85. The van der Waals surface area contributed by atoms with Crippen LogP contribution in [-0.4, -0.2) is 25.9 Å². The maximum atomic E-state index is 13.4. The van der Waals surface area contributed by atoms with Gasteiger partial charge in [-0.1, -0.05) is 24.3 Å². The van der Waals surface area contributed by atoms with Crippen molar-refractivity contribution in [3.05, 3.63) is 60.2 Å². The SMILES string of the molecule is C=CCN1C(=O)C2(COc3cc4c(cc32)OCO4)c2ccccc21. The number of amides is 1. The summed E-state index contributed by atoms with van der Waals surface area (Å²) in [7, 11) is 0. The van der Waals surface area contributed by atoms with E-state index in [0.29, 0.717) is 23.8 Å². The molecule has 0 aromatic heterocycles. The number of para-hydroxylation sites is 1. The van der Waals surface area contributed by atoms with Gasteiger partial charge < -0.3 is 19.1 Å². The third kappa shape index (κ3) is 1.47. The average Bonchev–Trinajstić information content (AvgIpc) is 3.27. The molecule has 0 aliphatic carbocycles. The first-order chi connectivity index (χ1) is 11.8. The van der Waals surface area contributed by atoms with Crippen LogP contribution in [0.1, 0.15) is 11.1 Å². The number of ether oxygens (including phenoxy) is 3. The predicted octanol–water partition coefficient (Wildman–Crippen LogP) is 2.63. The highest BCUT2D eigenvalue weighted by molar-refractivity contribution is 6.11. The van der Waals surface area contributed by atoms with E-state index in [1.165, 1.54) is 0 Å². The summed E-state index contributed by atoms with van der Waals surface area (Å²) in [6, 6.07) is 11.6. The van der Waals surface area contributed by atoms with Gasteiger partial charge in [0, 0.05) is 23.9 Å². The average molecular weight is 321 g/mol. The molecular weight excluding hydrogens is 306 g/mol. The third-order valence-electron chi connectivity index (χ3n) is 4.96. The van der Waals surface area contributed by atoms with Crippen LogP contribution in [0.15, 0.2) is 49.1 Å². The topological polar surface area (TPSA) is 48.0 Å². The Hall–Kier alpha value is -2.95. The maximum absolute atomic E-state index is 13.4. The molecular formula is C19H15NO4. The lowest BCUT2D eigenvalue weighted by atomic mass is 9.77. The van der Waals surface area contributed by atoms with E-state index in [0.717, 1.165) is 16.8 Å². The zero-order valence-electron chi connectivity index (χ0n) is 13.0. The molecule has 5 nitrogen and oxygen atoms in total. The second kappa shape index (κ2) is 4.54. The molecule has 1 unspecified atom stereocenters. The Morgan fingerprint density at radius 3 is 2.71 bits per heavy atom. The molecule has 2 aromatic rings. The van der Waals surface area contributed by atoms with Crippen LogP contribution in [0.25, 0.3) is 0 Å². The fourth-order valence-corrected chi connectivity index (χ4v) is 3.88. The minimum atomic E-state index is -0.823. The molecule has 0 saturated carbocycles. The quantitative estimate of drug-likeness (QED) is 0.798. The van der Waals surface area contributed by atoms with Gasteiger partial charge in [0.1, 0.15) is 17.8 Å². The van der Waals surface area contributed by atoms with Crippen LogP contribution in [-0.2, 0) is 10.2 Å². The van der Waals surface area contributed by atoms with Crippen LogP contribution < -0.4 is 19.1 Å². The molecule has 0 bridgehead atoms. The minimum Gasteiger partial charge on any atom is -0.491 e. The molecule has 24 heavy (non-hydrogen) atoms. The second-order valence-electron chi connectivity index (χ2n) is 6.12. The summed E-state index contributed by atoms with van der Waals surface area (Å²) in [4.78, 5) is 15.1. The number of benzene rings is 2. The number of carbonyl (C=O) groups is 1. The first-order valence-electron chi connectivity index (χ1n) is 7.85. The van der Waals surface area contributed by atoms with Crippen molar-refractivity contribution in [2.24, 2.45) is 0 Å². The van der Waals surface area contributed by atoms with Crippen molar-refractivity contribution >= 4 is 11.6 Å². The lowest BCUT2D eigenvalue weighted by Crippen LogP contribution is -2.42. The number of carbonyl (C=O) groups excluding carboxylic acids is 1. The minimum absolute atomic E-state index is 0.0150. The Bertz CT molecular complexity index is 891. The Kier molecular flexibility index (Phi) is 2.55. The fourth-order valence-electron chi connectivity index (χ4n) is 3.88. The van der Waals surface area contributed by atoms with Gasteiger partial charge in [0.25, 0.3) is 0 Å². The van der Waals surface area contributed by atoms with E-state index in [-0.39, 0.29) is 19.3 Å². The zero-order valence-corrected chi connectivity index (χ0v) is 13.0. The molecule has 2 aromatic carbocycles. The van der Waals surface area contributed by atoms with Crippen molar-refractivity contribution < 1.29 is 19.0 Å². The van der Waals surface area contributed by atoms with E-state index >= 15 is 0 Å². The summed E-state index contributed by atoms with van der Waals surface area (Å²) in [6.07, 6.45) is 1.74. The molecule has 1 atom stereocenters. The van der Waals surface area contributed by atoms with Gasteiger partial charge >= 0.3 is 0 Å². The van der Waals surface area contributed by atoms with E-state index in [1.807, 2.05) is 36.4 Å². The number of hydrogen-bond donors (Lipinski definition) is 0. The standard InChI is InChI=1S/C19H15NO4/c1-2-7-20-14-6-4-3-5-12(14)19(18(20)21)10-22-15-9-17-16(8-13(15)19)23-11-24-17/h2-6,8-9H,1,7,10-11H2. The first kappa shape index (κ1) is 13.5. The lowest BCUT2D eigenvalue weighted by molar-refractivity contribution is -0.122. The van der Waals surface area contributed by atoms with Crippen molar-refractivity contribution in [2.45, 2.75) is 5.41 Å². The zero-order chi connectivity index (χ0) is 16.3. The number of anilines is 1. The van der Waals surface area contributed by atoms with E-state index in [9.17, 15) is 4.79 Å². The molecule has 1 amide bonds. The smallest absolute Gasteiger partial charge is 0.246 e. The number of nitrogens with zero attached hydrogens (tertiary/aromatic N) is 1. The fraction of sp³-hybridized carbons (Fsp3) is 0.211. The highest BCUT2D eigenvalue weighted by atomic mass is 16.7. The van der Waals surface area contributed by atoms with Crippen molar-refractivity contribution in [1.29, 1.82) is 0 Å². The lowest BCUT2D eigenvalue weighted by Gasteiger charge is -2.22. The van der Waals surface area contributed by atoms with E-state index in [4.69, 9.17) is 14.2 Å². The van der Waals surface area contributed by atoms with Gasteiger partial charge in [-0.25, -0.2) is 0 Å². The second-order valence-corrected chi connectivity index (χ2v) is 6.12. The molecule has 3 aliphatic heterocycles. The van der Waals surface area contributed by atoms with Gasteiger partial charge in [-0.15, -0.1) is 6.58 Å². The van der Waals surface area contributed by atoms with Gasteiger partial charge in [-0.2, -0.15) is 0 Å². The van der Waals surface area contributed by atoms with Gasteiger partial charge in [0.2, 0.25) is 12.7 Å².